The van der Waals surface area contributed by atoms with Gasteiger partial charge in [0.2, 0.25) is 5.43 Å². The summed E-state index contributed by atoms with van der Waals surface area (Å²) in [5, 5.41) is 9.46. The highest BCUT2D eigenvalue weighted by Gasteiger charge is 2.16. The van der Waals surface area contributed by atoms with E-state index in [0.29, 0.717) is 16.9 Å². The number of ketones is 1. The van der Waals surface area contributed by atoms with E-state index < -0.39 is 11.4 Å². The van der Waals surface area contributed by atoms with Gasteiger partial charge in [0.25, 0.3) is 0 Å². The second-order valence-corrected chi connectivity index (χ2v) is 5.03. The standard InChI is InChI=1S/C17H12N2O4/c1-10(20)11-4-2-5-12(8-11)19-9-14(17(22)23)15(21)13-6-3-7-18-16(13)19/h2-9H,1H3,(H,22,23). The SMILES string of the molecule is CC(=O)c1cccc(-n2cc(C(=O)O)c(=O)c3cccnc32)c1. The van der Waals surface area contributed by atoms with Gasteiger partial charge in [-0.3, -0.25) is 9.59 Å². The van der Waals surface area contributed by atoms with Crippen molar-refractivity contribution in [1.29, 1.82) is 0 Å². The number of carboxylic acids is 1. The normalized spacial score (nSPS) is 10.7. The molecule has 3 rings (SSSR count). The van der Waals surface area contributed by atoms with Gasteiger partial charge < -0.3 is 9.67 Å². The van der Waals surface area contributed by atoms with Gasteiger partial charge in [0, 0.05) is 23.6 Å². The Morgan fingerprint density at radius 2 is 1.96 bits per heavy atom. The predicted octanol–water partition coefficient (Wildman–Crippen LogP) is 2.29. The Morgan fingerprint density at radius 3 is 2.65 bits per heavy atom. The smallest absolute Gasteiger partial charge is 0.341 e. The van der Waals surface area contributed by atoms with Crippen LogP contribution in [0.25, 0.3) is 16.7 Å². The molecule has 2 aromatic heterocycles. The molecule has 1 aromatic carbocycles. The Kier molecular flexibility index (Phi) is 3.50. The van der Waals surface area contributed by atoms with Crippen LogP contribution in [0.1, 0.15) is 27.6 Å². The fraction of sp³-hybridized carbons (Fsp3) is 0.0588. The Morgan fingerprint density at radius 1 is 1.17 bits per heavy atom. The van der Waals surface area contributed by atoms with Gasteiger partial charge in [-0.05, 0) is 31.2 Å². The number of benzene rings is 1. The second-order valence-electron chi connectivity index (χ2n) is 5.03. The number of aromatic nitrogens is 2. The number of hydrogen-bond donors (Lipinski definition) is 1. The van der Waals surface area contributed by atoms with Crippen molar-refractivity contribution in [1.82, 2.24) is 9.55 Å². The molecule has 0 saturated carbocycles. The minimum atomic E-state index is -1.31. The van der Waals surface area contributed by atoms with E-state index in [4.69, 9.17) is 0 Å². The minimum absolute atomic E-state index is 0.108. The van der Waals surface area contributed by atoms with E-state index in [1.54, 1.807) is 30.3 Å². The predicted molar refractivity (Wildman–Crippen MR) is 84.3 cm³/mol. The molecule has 114 valence electrons. The molecule has 0 bridgehead atoms. The summed E-state index contributed by atoms with van der Waals surface area (Å²) in [6.07, 6.45) is 2.76. The zero-order chi connectivity index (χ0) is 16.6. The molecule has 1 N–H and O–H groups in total. The molecule has 0 aliphatic rings. The van der Waals surface area contributed by atoms with E-state index in [9.17, 15) is 19.5 Å². The summed E-state index contributed by atoms with van der Waals surface area (Å²) in [6.45, 7) is 1.45. The van der Waals surface area contributed by atoms with Crippen LogP contribution in [0.2, 0.25) is 0 Å². The number of rotatable bonds is 3. The average Bonchev–Trinajstić information content (AvgIpc) is 2.55. The molecule has 0 radical (unpaired) electrons. The van der Waals surface area contributed by atoms with Gasteiger partial charge in [-0.25, -0.2) is 9.78 Å². The van der Waals surface area contributed by atoms with Crippen molar-refractivity contribution in [3.8, 4) is 5.69 Å². The van der Waals surface area contributed by atoms with Crippen LogP contribution >= 0.6 is 0 Å². The first kappa shape index (κ1) is 14.6. The van der Waals surface area contributed by atoms with Crippen molar-refractivity contribution < 1.29 is 14.7 Å². The highest BCUT2D eigenvalue weighted by molar-refractivity contribution is 5.95. The maximum absolute atomic E-state index is 12.2. The van der Waals surface area contributed by atoms with Crippen molar-refractivity contribution in [3.63, 3.8) is 0 Å². The quantitative estimate of drug-likeness (QED) is 0.750. The summed E-state index contributed by atoms with van der Waals surface area (Å²) in [4.78, 5) is 39.3. The fourth-order valence-corrected chi connectivity index (χ4v) is 2.38. The number of pyridine rings is 2. The topological polar surface area (TPSA) is 89.3 Å². The number of nitrogens with zero attached hydrogens (tertiary/aromatic N) is 2. The lowest BCUT2D eigenvalue weighted by molar-refractivity contribution is 0.0695. The van der Waals surface area contributed by atoms with Crippen molar-refractivity contribution >= 4 is 22.8 Å². The number of aromatic carboxylic acids is 1. The van der Waals surface area contributed by atoms with Crippen LogP contribution in [-0.4, -0.2) is 26.4 Å². The molecule has 0 fully saturated rings. The summed E-state index contributed by atoms with van der Waals surface area (Å²) in [7, 11) is 0. The van der Waals surface area contributed by atoms with Gasteiger partial charge in [0.1, 0.15) is 11.2 Å². The molecule has 0 unspecified atom stereocenters. The minimum Gasteiger partial charge on any atom is -0.477 e. The van der Waals surface area contributed by atoms with Crippen LogP contribution in [0.4, 0.5) is 0 Å². The van der Waals surface area contributed by atoms with Gasteiger partial charge in [0.15, 0.2) is 5.78 Å². The maximum atomic E-state index is 12.2. The van der Waals surface area contributed by atoms with Crippen LogP contribution in [-0.2, 0) is 0 Å². The average molecular weight is 308 g/mol. The summed E-state index contributed by atoms with van der Waals surface area (Å²) in [5.41, 5.74) is 0.451. The van der Waals surface area contributed by atoms with Crippen molar-refractivity contribution in [2.24, 2.45) is 0 Å². The third-order valence-corrected chi connectivity index (χ3v) is 3.52. The van der Waals surface area contributed by atoms with Crippen molar-refractivity contribution in [2.75, 3.05) is 0 Å². The molecular formula is C17H12N2O4. The van der Waals surface area contributed by atoms with Crippen LogP contribution in [0, 0.1) is 0 Å². The summed E-state index contributed by atoms with van der Waals surface area (Å²) < 4.78 is 1.51. The van der Waals surface area contributed by atoms with Crippen LogP contribution < -0.4 is 5.43 Å². The molecule has 3 aromatic rings. The highest BCUT2D eigenvalue weighted by Crippen LogP contribution is 2.17. The monoisotopic (exact) mass is 308 g/mol. The fourth-order valence-electron chi connectivity index (χ4n) is 2.38. The Balaban J connectivity index is 2.39. The van der Waals surface area contributed by atoms with Gasteiger partial charge in [-0.1, -0.05) is 12.1 Å². The summed E-state index contributed by atoms with van der Waals surface area (Å²) >= 11 is 0. The molecule has 0 spiro atoms. The number of fused-ring (bicyclic) bond motifs is 1. The Labute approximate surface area is 130 Å². The molecule has 2 heterocycles. The van der Waals surface area contributed by atoms with Gasteiger partial charge in [-0.2, -0.15) is 0 Å². The molecule has 0 saturated heterocycles. The van der Waals surface area contributed by atoms with Crippen molar-refractivity contribution in [3.05, 3.63) is 70.1 Å². The zero-order valence-electron chi connectivity index (χ0n) is 12.2. The lowest BCUT2D eigenvalue weighted by atomic mass is 10.1. The van der Waals surface area contributed by atoms with E-state index >= 15 is 0 Å². The maximum Gasteiger partial charge on any atom is 0.341 e. The third kappa shape index (κ3) is 2.50. The Hall–Kier alpha value is -3.28. The Bertz CT molecular complexity index is 1000. The van der Waals surface area contributed by atoms with Crippen LogP contribution in [0.5, 0.6) is 0 Å². The first-order chi connectivity index (χ1) is 11.0. The molecule has 23 heavy (non-hydrogen) atoms. The number of hydrogen-bond acceptors (Lipinski definition) is 4. The van der Waals surface area contributed by atoms with Crippen LogP contribution in [0.15, 0.2) is 53.6 Å². The first-order valence-corrected chi connectivity index (χ1v) is 6.84. The number of Topliss-reactive ketones (excluding diaryl/α,β-unsaturated/α-hetero) is 1. The van der Waals surface area contributed by atoms with Gasteiger partial charge in [0.05, 0.1) is 5.39 Å². The lowest BCUT2D eigenvalue weighted by Crippen LogP contribution is -2.19. The first-order valence-electron chi connectivity index (χ1n) is 6.84. The number of carbonyl (C=O) groups excluding carboxylic acids is 1. The van der Waals surface area contributed by atoms with Gasteiger partial charge >= 0.3 is 5.97 Å². The summed E-state index contributed by atoms with van der Waals surface area (Å²) in [5.74, 6) is -1.42. The molecule has 6 heteroatoms. The number of carbonyl (C=O) groups is 2. The van der Waals surface area contributed by atoms with E-state index in [1.807, 2.05) is 0 Å². The molecule has 0 aliphatic heterocycles. The van der Waals surface area contributed by atoms with Crippen molar-refractivity contribution in [2.45, 2.75) is 6.92 Å². The molecule has 6 nitrogen and oxygen atoms in total. The second kappa shape index (κ2) is 5.49. The third-order valence-electron chi connectivity index (χ3n) is 3.52. The van der Waals surface area contributed by atoms with E-state index in [0.717, 1.165) is 0 Å². The lowest BCUT2D eigenvalue weighted by Gasteiger charge is -2.12. The van der Waals surface area contributed by atoms with E-state index in [-0.39, 0.29) is 16.7 Å². The van der Waals surface area contributed by atoms with Crippen LogP contribution in [0.3, 0.4) is 0 Å². The number of carboxylic acid groups (broad SMARTS) is 1. The van der Waals surface area contributed by atoms with Gasteiger partial charge in [-0.15, -0.1) is 0 Å². The van der Waals surface area contributed by atoms with E-state index in [2.05, 4.69) is 4.98 Å². The van der Waals surface area contributed by atoms with E-state index in [1.165, 1.54) is 30.0 Å². The largest absolute Gasteiger partial charge is 0.477 e. The highest BCUT2D eigenvalue weighted by atomic mass is 16.4. The molecule has 0 aliphatic carbocycles. The summed E-state index contributed by atoms with van der Waals surface area (Å²) in [6, 6.07) is 9.82. The molecule has 0 atom stereocenters. The molecule has 0 amide bonds. The molecular weight excluding hydrogens is 296 g/mol. The zero-order valence-corrected chi connectivity index (χ0v) is 12.2.